The van der Waals surface area contributed by atoms with Crippen LogP contribution in [0.4, 0.5) is 5.13 Å². The van der Waals surface area contributed by atoms with Crippen LogP contribution in [-0.2, 0) is 0 Å². The Labute approximate surface area is 107 Å². The summed E-state index contributed by atoms with van der Waals surface area (Å²) in [6.45, 7) is 10.6. The lowest BCUT2D eigenvalue weighted by Gasteiger charge is -2.16. The molecule has 4 heteroatoms. The standard InChI is InChI=1S/C13H22N2OS/c1-8(2)11-5-6-15(7-11)13-14-9(3)12(17-13)10(4)16/h8,10-11,16H,5-7H2,1-4H3. The molecule has 0 aliphatic carbocycles. The molecule has 1 N–H and O–H groups in total. The number of nitrogens with zero attached hydrogens (tertiary/aromatic N) is 2. The highest BCUT2D eigenvalue weighted by Gasteiger charge is 2.27. The van der Waals surface area contributed by atoms with Crippen molar-refractivity contribution in [2.75, 3.05) is 18.0 Å². The van der Waals surface area contributed by atoms with Crippen LogP contribution in [0.15, 0.2) is 0 Å². The Morgan fingerprint density at radius 3 is 2.59 bits per heavy atom. The average Bonchev–Trinajstić information content (AvgIpc) is 2.82. The predicted molar refractivity (Wildman–Crippen MR) is 72.6 cm³/mol. The van der Waals surface area contributed by atoms with Crippen LogP contribution in [0, 0.1) is 18.8 Å². The number of aliphatic hydroxyl groups excluding tert-OH is 1. The smallest absolute Gasteiger partial charge is 0.185 e. The van der Waals surface area contributed by atoms with Crippen LogP contribution in [0.3, 0.4) is 0 Å². The molecule has 1 fully saturated rings. The first-order chi connectivity index (χ1) is 7.99. The first-order valence-corrected chi connectivity index (χ1v) is 7.21. The molecule has 1 aromatic heterocycles. The number of anilines is 1. The van der Waals surface area contributed by atoms with Gasteiger partial charge in [-0.05, 0) is 32.1 Å². The Hall–Kier alpha value is -0.610. The van der Waals surface area contributed by atoms with E-state index in [1.165, 1.54) is 6.42 Å². The largest absolute Gasteiger partial charge is 0.388 e. The number of aryl methyl sites for hydroxylation is 1. The summed E-state index contributed by atoms with van der Waals surface area (Å²) in [4.78, 5) is 7.97. The molecule has 17 heavy (non-hydrogen) atoms. The number of hydrogen-bond donors (Lipinski definition) is 1. The summed E-state index contributed by atoms with van der Waals surface area (Å²) in [6.07, 6.45) is 0.866. The molecule has 0 amide bonds. The van der Waals surface area contributed by atoms with Gasteiger partial charge in [0.2, 0.25) is 0 Å². The minimum absolute atomic E-state index is 0.398. The van der Waals surface area contributed by atoms with E-state index in [-0.39, 0.29) is 0 Å². The van der Waals surface area contributed by atoms with Crippen LogP contribution >= 0.6 is 11.3 Å². The second-order valence-corrected chi connectivity index (χ2v) is 6.37. The number of rotatable bonds is 3. The molecule has 1 aliphatic heterocycles. The van der Waals surface area contributed by atoms with E-state index >= 15 is 0 Å². The van der Waals surface area contributed by atoms with Gasteiger partial charge in [0.15, 0.2) is 5.13 Å². The van der Waals surface area contributed by atoms with E-state index in [0.29, 0.717) is 0 Å². The quantitative estimate of drug-likeness (QED) is 0.901. The zero-order valence-corrected chi connectivity index (χ0v) is 11.9. The van der Waals surface area contributed by atoms with Crippen molar-refractivity contribution in [1.82, 2.24) is 4.98 Å². The molecule has 0 radical (unpaired) electrons. The second kappa shape index (κ2) is 4.94. The lowest BCUT2D eigenvalue weighted by atomic mass is 9.95. The molecule has 2 rings (SSSR count). The summed E-state index contributed by atoms with van der Waals surface area (Å²) >= 11 is 1.64. The lowest BCUT2D eigenvalue weighted by molar-refractivity contribution is 0.202. The van der Waals surface area contributed by atoms with Crippen molar-refractivity contribution in [1.29, 1.82) is 0 Å². The monoisotopic (exact) mass is 254 g/mol. The van der Waals surface area contributed by atoms with Crippen molar-refractivity contribution in [3.8, 4) is 0 Å². The zero-order valence-electron chi connectivity index (χ0n) is 11.1. The number of aliphatic hydroxyl groups is 1. The van der Waals surface area contributed by atoms with Crippen molar-refractivity contribution in [2.45, 2.75) is 40.2 Å². The molecule has 2 heterocycles. The predicted octanol–water partition coefficient (Wildman–Crippen LogP) is 2.99. The third-order valence-electron chi connectivity index (χ3n) is 3.64. The number of aromatic nitrogens is 1. The van der Waals surface area contributed by atoms with Crippen molar-refractivity contribution in [2.24, 2.45) is 11.8 Å². The van der Waals surface area contributed by atoms with Crippen LogP contribution in [-0.4, -0.2) is 23.2 Å². The van der Waals surface area contributed by atoms with E-state index in [0.717, 1.165) is 40.6 Å². The van der Waals surface area contributed by atoms with E-state index in [1.807, 2.05) is 13.8 Å². The fourth-order valence-electron chi connectivity index (χ4n) is 2.42. The van der Waals surface area contributed by atoms with Crippen LogP contribution in [0.1, 0.15) is 43.9 Å². The Morgan fingerprint density at radius 2 is 2.12 bits per heavy atom. The van der Waals surface area contributed by atoms with Gasteiger partial charge in [-0.15, -0.1) is 0 Å². The number of thiazole rings is 1. The molecule has 2 unspecified atom stereocenters. The molecular weight excluding hydrogens is 232 g/mol. The minimum atomic E-state index is -0.398. The lowest BCUT2D eigenvalue weighted by Crippen LogP contribution is -2.20. The van der Waals surface area contributed by atoms with Gasteiger partial charge in [0.05, 0.1) is 16.7 Å². The van der Waals surface area contributed by atoms with Gasteiger partial charge in [-0.1, -0.05) is 25.2 Å². The first-order valence-electron chi connectivity index (χ1n) is 6.39. The molecule has 1 saturated heterocycles. The molecule has 3 nitrogen and oxygen atoms in total. The molecule has 96 valence electrons. The maximum absolute atomic E-state index is 9.65. The van der Waals surface area contributed by atoms with E-state index < -0.39 is 6.10 Å². The Kier molecular flexibility index (Phi) is 3.73. The summed E-state index contributed by atoms with van der Waals surface area (Å²) in [5.74, 6) is 1.53. The summed E-state index contributed by atoms with van der Waals surface area (Å²) in [5.41, 5.74) is 0.980. The average molecular weight is 254 g/mol. The van der Waals surface area contributed by atoms with Crippen LogP contribution in [0.25, 0.3) is 0 Å². The SMILES string of the molecule is Cc1nc(N2CCC(C(C)C)C2)sc1C(C)O. The van der Waals surface area contributed by atoms with Crippen molar-refractivity contribution in [3.05, 3.63) is 10.6 Å². The summed E-state index contributed by atoms with van der Waals surface area (Å²) in [5, 5.41) is 10.7. The van der Waals surface area contributed by atoms with Gasteiger partial charge < -0.3 is 10.0 Å². The van der Waals surface area contributed by atoms with Crippen molar-refractivity contribution < 1.29 is 5.11 Å². The van der Waals surface area contributed by atoms with Gasteiger partial charge in [0.25, 0.3) is 0 Å². The highest BCUT2D eigenvalue weighted by Crippen LogP contribution is 2.34. The Balaban J connectivity index is 2.11. The molecule has 0 saturated carbocycles. The Bertz CT molecular complexity index is 387. The molecule has 0 spiro atoms. The van der Waals surface area contributed by atoms with Gasteiger partial charge in [-0.25, -0.2) is 4.98 Å². The van der Waals surface area contributed by atoms with Gasteiger partial charge in [0, 0.05) is 13.1 Å². The zero-order chi connectivity index (χ0) is 12.6. The summed E-state index contributed by atoms with van der Waals surface area (Å²) in [6, 6.07) is 0. The van der Waals surface area contributed by atoms with E-state index in [9.17, 15) is 5.11 Å². The second-order valence-electron chi connectivity index (χ2n) is 5.36. The Morgan fingerprint density at radius 1 is 1.41 bits per heavy atom. The minimum Gasteiger partial charge on any atom is -0.388 e. The first kappa shape index (κ1) is 12.8. The van der Waals surface area contributed by atoms with Crippen molar-refractivity contribution >= 4 is 16.5 Å². The fourth-order valence-corrected chi connectivity index (χ4v) is 3.46. The third kappa shape index (κ3) is 2.63. The normalized spacial score (nSPS) is 22.5. The highest BCUT2D eigenvalue weighted by atomic mass is 32.1. The number of hydrogen-bond acceptors (Lipinski definition) is 4. The molecule has 0 bridgehead atoms. The topological polar surface area (TPSA) is 36.4 Å². The maximum Gasteiger partial charge on any atom is 0.185 e. The van der Waals surface area contributed by atoms with Crippen molar-refractivity contribution in [3.63, 3.8) is 0 Å². The maximum atomic E-state index is 9.65. The molecular formula is C13H22N2OS. The highest BCUT2D eigenvalue weighted by molar-refractivity contribution is 7.15. The molecule has 1 aliphatic rings. The van der Waals surface area contributed by atoms with Crippen LogP contribution < -0.4 is 4.90 Å². The fraction of sp³-hybridized carbons (Fsp3) is 0.769. The third-order valence-corrected chi connectivity index (χ3v) is 5.03. The van der Waals surface area contributed by atoms with E-state index in [1.54, 1.807) is 11.3 Å². The van der Waals surface area contributed by atoms with E-state index in [2.05, 4.69) is 23.7 Å². The summed E-state index contributed by atoms with van der Waals surface area (Å²) < 4.78 is 0. The van der Waals surface area contributed by atoms with Gasteiger partial charge in [-0.3, -0.25) is 0 Å². The summed E-state index contributed by atoms with van der Waals surface area (Å²) in [7, 11) is 0. The molecule has 1 aromatic rings. The van der Waals surface area contributed by atoms with Crippen LogP contribution in [0.5, 0.6) is 0 Å². The van der Waals surface area contributed by atoms with Gasteiger partial charge in [-0.2, -0.15) is 0 Å². The van der Waals surface area contributed by atoms with Gasteiger partial charge in [0.1, 0.15) is 0 Å². The molecule has 2 atom stereocenters. The van der Waals surface area contributed by atoms with E-state index in [4.69, 9.17) is 0 Å². The van der Waals surface area contributed by atoms with Gasteiger partial charge >= 0.3 is 0 Å². The van der Waals surface area contributed by atoms with Crippen LogP contribution in [0.2, 0.25) is 0 Å². The molecule has 0 aromatic carbocycles.